The molecule has 0 saturated heterocycles. The molecule has 108 valence electrons. The van der Waals surface area contributed by atoms with E-state index in [1.54, 1.807) is 7.05 Å². The van der Waals surface area contributed by atoms with Crippen LogP contribution < -0.4 is 10.1 Å². The SMILES string of the molecule is CCc1cc2c(c3c1OCC3)C(CCC(=O)NC)CC2. The van der Waals surface area contributed by atoms with Gasteiger partial charge in [-0.25, -0.2) is 0 Å². The predicted octanol–water partition coefficient (Wildman–Crippen LogP) is 2.74. The molecule has 3 nitrogen and oxygen atoms in total. The van der Waals surface area contributed by atoms with Crippen LogP contribution in [-0.2, 0) is 24.1 Å². The van der Waals surface area contributed by atoms with Gasteiger partial charge in [-0.05, 0) is 48.3 Å². The maximum absolute atomic E-state index is 11.5. The summed E-state index contributed by atoms with van der Waals surface area (Å²) in [6, 6.07) is 2.35. The largest absolute Gasteiger partial charge is 0.493 e. The molecule has 1 aromatic carbocycles. The lowest BCUT2D eigenvalue weighted by molar-refractivity contribution is -0.120. The molecule has 1 aliphatic carbocycles. The molecule has 2 aliphatic rings. The summed E-state index contributed by atoms with van der Waals surface area (Å²) in [5.41, 5.74) is 5.83. The van der Waals surface area contributed by atoms with Crippen molar-refractivity contribution in [1.82, 2.24) is 5.32 Å². The van der Waals surface area contributed by atoms with E-state index in [0.29, 0.717) is 12.3 Å². The van der Waals surface area contributed by atoms with Crippen LogP contribution in [0.4, 0.5) is 0 Å². The van der Waals surface area contributed by atoms with Crippen molar-refractivity contribution in [1.29, 1.82) is 0 Å². The predicted molar refractivity (Wildman–Crippen MR) is 79.4 cm³/mol. The van der Waals surface area contributed by atoms with Crippen LogP contribution >= 0.6 is 0 Å². The van der Waals surface area contributed by atoms with E-state index in [1.807, 2.05) is 0 Å². The molecule has 1 atom stereocenters. The van der Waals surface area contributed by atoms with Gasteiger partial charge in [0, 0.05) is 25.5 Å². The van der Waals surface area contributed by atoms with Crippen LogP contribution in [0, 0.1) is 0 Å². The van der Waals surface area contributed by atoms with E-state index < -0.39 is 0 Å². The Kier molecular flexibility index (Phi) is 3.68. The molecule has 0 aromatic heterocycles. The third-order valence-corrected chi connectivity index (χ3v) is 4.73. The number of fused-ring (bicyclic) bond motifs is 3. The van der Waals surface area contributed by atoms with Crippen molar-refractivity contribution in [2.45, 2.75) is 51.4 Å². The number of rotatable bonds is 4. The Morgan fingerprint density at radius 1 is 1.45 bits per heavy atom. The molecule has 0 fully saturated rings. The van der Waals surface area contributed by atoms with E-state index in [2.05, 4.69) is 18.3 Å². The lowest BCUT2D eigenvalue weighted by atomic mass is 9.89. The van der Waals surface area contributed by atoms with E-state index in [-0.39, 0.29) is 5.91 Å². The van der Waals surface area contributed by atoms with Gasteiger partial charge in [0.2, 0.25) is 5.91 Å². The summed E-state index contributed by atoms with van der Waals surface area (Å²) in [6.45, 7) is 3.02. The quantitative estimate of drug-likeness (QED) is 0.916. The molecule has 1 N–H and O–H groups in total. The van der Waals surface area contributed by atoms with Crippen LogP contribution in [0.1, 0.15) is 54.4 Å². The number of carbonyl (C=O) groups is 1. The van der Waals surface area contributed by atoms with E-state index >= 15 is 0 Å². The summed E-state index contributed by atoms with van der Waals surface area (Å²) in [5, 5.41) is 2.72. The highest BCUT2D eigenvalue weighted by molar-refractivity contribution is 5.75. The number of hydrogen-bond donors (Lipinski definition) is 1. The zero-order valence-electron chi connectivity index (χ0n) is 12.4. The van der Waals surface area contributed by atoms with Crippen LogP contribution in [0.5, 0.6) is 5.75 Å². The first-order valence-corrected chi connectivity index (χ1v) is 7.75. The minimum Gasteiger partial charge on any atom is -0.493 e. The van der Waals surface area contributed by atoms with Crippen molar-refractivity contribution in [2.24, 2.45) is 0 Å². The second-order valence-electron chi connectivity index (χ2n) is 5.82. The average Bonchev–Trinajstić information content (AvgIpc) is 3.09. The summed E-state index contributed by atoms with van der Waals surface area (Å²) in [6.07, 6.45) is 6.02. The van der Waals surface area contributed by atoms with Gasteiger partial charge in [0.1, 0.15) is 5.75 Å². The van der Waals surface area contributed by atoms with Gasteiger partial charge in [-0.15, -0.1) is 0 Å². The summed E-state index contributed by atoms with van der Waals surface area (Å²) >= 11 is 0. The molecule has 1 heterocycles. The van der Waals surface area contributed by atoms with Crippen LogP contribution in [0.15, 0.2) is 6.07 Å². The molecule has 3 rings (SSSR count). The summed E-state index contributed by atoms with van der Waals surface area (Å²) in [4.78, 5) is 11.5. The summed E-state index contributed by atoms with van der Waals surface area (Å²) in [5.74, 6) is 1.85. The molecular formula is C17H23NO2. The molecule has 0 bridgehead atoms. The number of aryl methyl sites for hydroxylation is 2. The van der Waals surface area contributed by atoms with Gasteiger partial charge in [0.05, 0.1) is 6.61 Å². The highest BCUT2D eigenvalue weighted by atomic mass is 16.5. The molecule has 1 aliphatic heterocycles. The maximum atomic E-state index is 11.5. The van der Waals surface area contributed by atoms with Gasteiger partial charge in [-0.1, -0.05) is 13.0 Å². The van der Waals surface area contributed by atoms with Crippen LogP contribution in [-0.4, -0.2) is 19.6 Å². The van der Waals surface area contributed by atoms with Gasteiger partial charge >= 0.3 is 0 Å². The van der Waals surface area contributed by atoms with E-state index in [4.69, 9.17) is 4.74 Å². The Labute approximate surface area is 120 Å². The van der Waals surface area contributed by atoms with Crippen LogP contribution in [0.25, 0.3) is 0 Å². The normalized spacial score (nSPS) is 19.4. The Bertz CT molecular complexity index is 536. The highest BCUT2D eigenvalue weighted by Crippen LogP contribution is 2.45. The van der Waals surface area contributed by atoms with Crippen molar-refractivity contribution < 1.29 is 9.53 Å². The Morgan fingerprint density at radius 3 is 3.05 bits per heavy atom. The highest BCUT2D eigenvalue weighted by Gasteiger charge is 2.31. The number of nitrogens with one attached hydrogen (secondary N) is 1. The van der Waals surface area contributed by atoms with Crippen LogP contribution in [0.2, 0.25) is 0 Å². The molecule has 0 saturated carbocycles. The van der Waals surface area contributed by atoms with Crippen molar-refractivity contribution in [3.05, 3.63) is 28.3 Å². The molecule has 0 spiro atoms. The molecule has 1 aromatic rings. The lowest BCUT2D eigenvalue weighted by Gasteiger charge is -2.16. The average molecular weight is 273 g/mol. The van der Waals surface area contributed by atoms with Gasteiger partial charge in [0.25, 0.3) is 0 Å². The monoisotopic (exact) mass is 273 g/mol. The minimum absolute atomic E-state index is 0.150. The summed E-state index contributed by atoms with van der Waals surface area (Å²) in [7, 11) is 1.71. The Morgan fingerprint density at radius 2 is 2.30 bits per heavy atom. The fourth-order valence-corrected chi connectivity index (χ4v) is 3.72. The Hall–Kier alpha value is -1.51. The number of amides is 1. The van der Waals surface area contributed by atoms with Gasteiger partial charge < -0.3 is 10.1 Å². The first-order valence-electron chi connectivity index (χ1n) is 7.75. The number of ether oxygens (including phenoxy) is 1. The lowest BCUT2D eigenvalue weighted by Crippen LogP contribution is -2.18. The van der Waals surface area contributed by atoms with Crippen molar-refractivity contribution >= 4 is 5.91 Å². The van der Waals surface area contributed by atoms with E-state index in [1.165, 1.54) is 28.7 Å². The third kappa shape index (κ3) is 2.19. The number of carbonyl (C=O) groups excluding carboxylic acids is 1. The zero-order valence-corrected chi connectivity index (χ0v) is 12.4. The number of benzene rings is 1. The van der Waals surface area contributed by atoms with E-state index in [9.17, 15) is 4.79 Å². The molecule has 0 radical (unpaired) electrons. The topological polar surface area (TPSA) is 38.3 Å². The Balaban J connectivity index is 1.89. The van der Waals surface area contributed by atoms with E-state index in [0.717, 1.165) is 38.0 Å². The number of hydrogen-bond acceptors (Lipinski definition) is 2. The fourth-order valence-electron chi connectivity index (χ4n) is 3.72. The second kappa shape index (κ2) is 5.47. The summed E-state index contributed by atoms with van der Waals surface area (Å²) < 4.78 is 5.86. The maximum Gasteiger partial charge on any atom is 0.219 e. The first-order chi connectivity index (χ1) is 9.74. The van der Waals surface area contributed by atoms with Gasteiger partial charge in [0.15, 0.2) is 0 Å². The molecule has 20 heavy (non-hydrogen) atoms. The third-order valence-electron chi connectivity index (χ3n) is 4.73. The van der Waals surface area contributed by atoms with Crippen molar-refractivity contribution in [2.75, 3.05) is 13.7 Å². The minimum atomic E-state index is 0.150. The molecule has 1 unspecified atom stereocenters. The molecular weight excluding hydrogens is 250 g/mol. The van der Waals surface area contributed by atoms with Crippen LogP contribution in [0.3, 0.4) is 0 Å². The van der Waals surface area contributed by atoms with Gasteiger partial charge in [-0.3, -0.25) is 4.79 Å². The smallest absolute Gasteiger partial charge is 0.219 e. The zero-order chi connectivity index (χ0) is 14.1. The second-order valence-corrected chi connectivity index (χ2v) is 5.82. The molecule has 3 heteroatoms. The van der Waals surface area contributed by atoms with Gasteiger partial charge in [-0.2, -0.15) is 0 Å². The fraction of sp³-hybridized carbons (Fsp3) is 0.588. The van der Waals surface area contributed by atoms with Crippen molar-refractivity contribution in [3.8, 4) is 5.75 Å². The van der Waals surface area contributed by atoms with Crippen molar-refractivity contribution in [3.63, 3.8) is 0 Å². The first kappa shape index (κ1) is 13.5. The standard InChI is InChI=1S/C17H23NO2/c1-3-11-10-13-5-4-12(6-7-15(19)18-2)16(13)14-8-9-20-17(11)14/h10,12H,3-9H2,1-2H3,(H,18,19). The molecule has 1 amide bonds.